The summed E-state index contributed by atoms with van der Waals surface area (Å²) in [4.78, 5) is 14.2. The first-order valence-corrected chi connectivity index (χ1v) is 9.49. The number of furan rings is 1. The Hall–Kier alpha value is -1.85. The number of pyridine rings is 1. The number of quaternary nitrogens is 1. The minimum atomic E-state index is 0.134. The maximum absolute atomic E-state index is 12.5. The van der Waals surface area contributed by atoms with Gasteiger partial charge in [-0.25, -0.2) is 0 Å². The highest BCUT2D eigenvalue weighted by Crippen LogP contribution is 2.37. The molecule has 3 aliphatic rings. The summed E-state index contributed by atoms with van der Waals surface area (Å²) in [6.07, 6.45) is 5.25. The van der Waals surface area contributed by atoms with Gasteiger partial charge in [-0.2, -0.15) is 0 Å². The zero-order chi connectivity index (χ0) is 16.8. The van der Waals surface area contributed by atoms with Crippen molar-refractivity contribution in [3.8, 4) is 11.3 Å². The van der Waals surface area contributed by atoms with Gasteiger partial charge in [-0.05, 0) is 24.6 Å². The molecule has 25 heavy (non-hydrogen) atoms. The first-order chi connectivity index (χ1) is 12.3. The van der Waals surface area contributed by atoms with Crippen molar-refractivity contribution >= 4 is 0 Å². The fourth-order valence-electron chi connectivity index (χ4n) is 5.25. The van der Waals surface area contributed by atoms with Crippen LogP contribution in [0.2, 0.25) is 0 Å². The molecule has 2 saturated heterocycles. The van der Waals surface area contributed by atoms with E-state index in [-0.39, 0.29) is 5.56 Å². The van der Waals surface area contributed by atoms with Gasteiger partial charge in [0.05, 0.1) is 38.6 Å². The van der Waals surface area contributed by atoms with Crippen molar-refractivity contribution in [2.45, 2.75) is 37.8 Å². The third-order valence-corrected chi connectivity index (χ3v) is 6.32. The van der Waals surface area contributed by atoms with Gasteiger partial charge in [0, 0.05) is 48.5 Å². The number of hydrogen-bond acceptors (Lipinski definition) is 3. The molecule has 2 bridgehead atoms. The smallest absolute Gasteiger partial charge is 0.250 e. The zero-order valence-corrected chi connectivity index (χ0v) is 14.4. The summed E-state index contributed by atoms with van der Waals surface area (Å²) in [7, 11) is 0. The highest BCUT2D eigenvalue weighted by molar-refractivity contribution is 5.61. The van der Waals surface area contributed by atoms with E-state index < -0.39 is 0 Å². The Bertz CT molecular complexity index is 805. The van der Waals surface area contributed by atoms with Crippen LogP contribution in [0.3, 0.4) is 0 Å². The van der Waals surface area contributed by atoms with Gasteiger partial charge in [0.15, 0.2) is 0 Å². The van der Waals surface area contributed by atoms with Crippen molar-refractivity contribution < 1.29 is 14.1 Å². The summed E-state index contributed by atoms with van der Waals surface area (Å²) in [5, 5.41) is 0. The summed E-state index contributed by atoms with van der Waals surface area (Å²) in [5.41, 5.74) is 2.43. The van der Waals surface area contributed by atoms with Crippen molar-refractivity contribution in [3.05, 3.63) is 46.6 Å². The Morgan fingerprint density at radius 1 is 1.12 bits per heavy atom. The van der Waals surface area contributed by atoms with Gasteiger partial charge in [-0.3, -0.25) is 4.79 Å². The monoisotopic (exact) mass is 341 g/mol. The third kappa shape index (κ3) is 2.66. The van der Waals surface area contributed by atoms with E-state index in [9.17, 15) is 4.79 Å². The molecule has 0 aliphatic carbocycles. The molecule has 0 aromatic carbocycles. The Kier molecular flexibility index (Phi) is 3.79. The fraction of sp³-hybridized carbons (Fsp3) is 0.550. The van der Waals surface area contributed by atoms with Crippen LogP contribution in [0.5, 0.6) is 0 Å². The molecule has 0 saturated carbocycles. The van der Waals surface area contributed by atoms with E-state index >= 15 is 0 Å². The molecule has 5 heterocycles. The van der Waals surface area contributed by atoms with Crippen LogP contribution in [0.4, 0.5) is 0 Å². The van der Waals surface area contributed by atoms with Gasteiger partial charge in [0.1, 0.15) is 5.76 Å². The molecule has 5 heteroatoms. The molecule has 0 radical (unpaired) electrons. The highest BCUT2D eigenvalue weighted by Gasteiger charge is 2.41. The lowest BCUT2D eigenvalue weighted by Crippen LogP contribution is -3.18. The van der Waals surface area contributed by atoms with Crippen molar-refractivity contribution in [2.75, 3.05) is 26.3 Å². The van der Waals surface area contributed by atoms with E-state index in [1.165, 1.54) is 31.5 Å². The number of ether oxygens (including phenoxy) is 1. The average molecular weight is 341 g/mol. The maximum Gasteiger partial charge on any atom is 0.250 e. The third-order valence-electron chi connectivity index (χ3n) is 6.32. The number of hydrogen-bond donors (Lipinski definition) is 1. The normalized spacial score (nSPS) is 29.4. The molecule has 3 aliphatic heterocycles. The van der Waals surface area contributed by atoms with E-state index in [0.29, 0.717) is 17.9 Å². The summed E-state index contributed by atoms with van der Waals surface area (Å²) in [5.74, 6) is 1.92. The summed E-state index contributed by atoms with van der Waals surface area (Å²) in [6.45, 7) is 4.97. The number of rotatable bonds is 2. The summed E-state index contributed by atoms with van der Waals surface area (Å²) < 4.78 is 13.2. The lowest BCUT2D eigenvalue weighted by molar-refractivity contribution is -0.937. The van der Waals surface area contributed by atoms with E-state index in [1.54, 1.807) is 17.2 Å². The van der Waals surface area contributed by atoms with Crippen LogP contribution >= 0.6 is 0 Å². The van der Waals surface area contributed by atoms with Crippen molar-refractivity contribution in [1.29, 1.82) is 0 Å². The van der Waals surface area contributed by atoms with Crippen LogP contribution in [-0.4, -0.2) is 36.9 Å². The first-order valence-electron chi connectivity index (χ1n) is 9.49. The summed E-state index contributed by atoms with van der Waals surface area (Å²) >= 11 is 0. The van der Waals surface area contributed by atoms with Crippen molar-refractivity contribution in [1.82, 2.24) is 4.57 Å². The van der Waals surface area contributed by atoms with Gasteiger partial charge < -0.3 is 18.6 Å². The van der Waals surface area contributed by atoms with Gasteiger partial charge >= 0.3 is 0 Å². The number of nitrogens with zero attached hydrogens (tertiary/aromatic N) is 1. The van der Waals surface area contributed by atoms with Crippen LogP contribution < -0.4 is 10.5 Å². The second-order valence-corrected chi connectivity index (χ2v) is 7.81. The van der Waals surface area contributed by atoms with Crippen LogP contribution in [0.1, 0.15) is 30.9 Å². The summed E-state index contributed by atoms with van der Waals surface area (Å²) in [6, 6.07) is 8.29. The first kappa shape index (κ1) is 15.4. The Balaban J connectivity index is 1.53. The van der Waals surface area contributed by atoms with Crippen LogP contribution in [0, 0.1) is 5.92 Å². The average Bonchev–Trinajstić information content (AvgIpc) is 3.18. The molecule has 0 spiro atoms. The molecule has 2 aromatic heterocycles. The SMILES string of the molecule is O=c1ccc(-c2ccco2)c2n1C[C@H]1C[C@@H]2C[NH+](C2CCOCC2)C1. The van der Waals surface area contributed by atoms with Gasteiger partial charge in [0.25, 0.3) is 5.56 Å². The molecule has 0 amide bonds. The molecule has 1 unspecified atom stereocenters. The number of fused-ring (bicyclic) bond motifs is 4. The molecular formula is C20H25N2O3+. The highest BCUT2D eigenvalue weighted by atomic mass is 16.5. The number of nitrogens with one attached hydrogen (secondary N) is 1. The molecule has 5 rings (SSSR count). The second-order valence-electron chi connectivity index (χ2n) is 7.81. The minimum absolute atomic E-state index is 0.134. The molecule has 2 fully saturated rings. The number of piperidine rings is 1. The quantitative estimate of drug-likeness (QED) is 0.895. The Labute approximate surface area is 147 Å². The molecular weight excluding hydrogens is 316 g/mol. The van der Waals surface area contributed by atoms with E-state index in [1.807, 2.05) is 22.8 Å². The largest absolute Gasteiger partial charge is 0.464 e. The van der Waals surface area contributed by atoms with Gasteiger partial charge in [-0.15, -0.1) is 0 Å². The van der Waals surface area contributed by atoms with Crippen molar-refractivity contribution in [3.63, 3.8) is 0 Å². The fourth-order valence-corrected chi connectivity index (χ4v) is 5.25. The van der Waals surface area contributed by atoms with Gasteiger partial charge in [-0.1, -0.05) is 0 Å². The van der Waals surface area contributed by atoms with Crippen LogP contribution in [0.25, 0.3) is 11.3 Å². The Morgan fingerprint density at radius 2 is 2.00 bits per heavy atom. The molecule has 3 atom stereocenters. The minimum Gasteiger partial charge on any atom is -0.464 e. The topological polar surface area (TPSA) is 48.8 Å². The molecule has 1 N–H and O–H groups in total. The maximum atomic E-state index is 12.5. The van der Waals surface area contributed by atoms with E-state index in [2.05, 4.69) is 0 Å². The molecule has 5 nitrogen and oxygen atoms in total. The van der Waals surface area contributed by atoms with Gasteiger partial charge in [0.2, 0.25) is 0 Å². The predicted molar refractivity (Wildman–Crippen MR) is 93.8 cm³/mol. The second kappa shape index (κ2) is 6.15. The van der Waals surface area contributed by atoms with E-state index in [0.717, 1.165) is 37.6 Å². The number of likely N-dealkylation sites (tertiary alicyclic amines) is 1. The van der Waals surface area contributed by atoms with E-state index in [4.69, 9.17) is 9.15 Å². The lowest BCUT2D eigenvalue weighted by atomic mass is 9.80. The van der Waals surface area contributed by atoms with Crippen molar-refractivity contribution in [2.24, 2.45) is 5.92 Å². The number of aromatic nitrogens is 1. The predicted octanol–water partition coefficient (Wildman–Crippen LogP) is 1.29. The van der Waals surface area contributed by atoms with Crippen LogP contribution in [0.15, 0.2) is 39.7 Å². The molecule has 132 valence electrons. The van der Waals surface area contributed by atoms with Crippen LogP contribution in [-0.2, 0) is 11.3 Å². The Morgan fingerprint density at radius 3 is 2.80 bits per heavy atom. The standard InChI is InChI=1S/C20H24N2O3/c23-19-4-3-17(18-2-1-7-25-18)20-15-10-14(12-22(19)20)11-21(13-15)16-5-8-24-9-6-16/h1-4,7,14-16H,5-6,8-13H2/p+1/t14-,15+/m0/s1. The zero-order valence-electron chi connectivity index (χ0n) is 14.4. The lowest BCUT2D eigenvalue weighted by Gasteiger charge is -2.44. The molecule has 2 aromatic rings.